The third kappa shape index (κ3) is 2.57. The van der Waals surface area contributed by atoms with Crippen LogP contribution in [-0.4, -0.2) is 32.8 Å². The van der Waals surface area contributed by atoms with Crippen molar-refractivity contribution in [1.82, 2.24) is 0 Å². The number of thiophene rings is 1. The van der Waals surface area contributed by atoms with Crippen LogP contribution >= 0.6 is 11.3 Å². The van der Waals surface area contributed by atoms with Gasteiger partial charge < -0.3 is 20.1 Å². The van der Waals surface area contributed by atoms with Crippen LogP contribution in [0, 0.1) is 11.8 Å². The Labute approximate surface area is 123 Å². The molecule has 2 rings (SSSR count). The monoisotopic (exact) mass is 298 g/mol. The van der Waals surface area contributed by atoms with E-state index in [1.165, 1.54) is 11.3 Å². The van der Waals surface area contributed by atoms with Gasteiger partial charge in [-0.25, -0.2) is 4.79 Å². The molecule has 0 saturated carbocycles. The number of nitrogen functional groups attached to an aromatic ring is 1. The molecule has 20 heavy (non-hydrogen) atoms. The first-order chi connectivity index (χ1) is 9.49. The predicted molar refractivity (Wildman–Crippen MR) is 81.8 cm³/mol. The van der Waals surface area contributed by atoms with Crippen molar-refractivity contribution in [1.29, 1.82) is 0 Å². The fourth-order valence-corrected chi connectivity index (χ4v) is 3.57. The zero-order valence-corrected chi connectivity index (χ0v) is 13.3. The summed E-state index contributed by atoms with van der Waals surface area (Å²) in [6.45, 7) is 8.51. The number of nitrogens with two attached hydrogens (primary N) is 1. The maximum atomic E-state index is 11.9. The van der Waals surface area contributed by atoms with Gasteiger partial charge in [0.05, 0.1) is 13.7 Å². The molecule has 5 nitrogen and oxygen atoms in total. The first-order valence-electron chi connectivity index (χ1n) is 6.87. The van der Waals surface area contributed by atoms with Crippen molar-refractivity contribution in [3.63, 3.8) is 0 Å². The van der Waals surface area contributed by atoms with E-state index >= 15 is 0 Å². The standard InChI is InChI=1S/C14H22N2O3S/c1-5-19-14(17)12-10(15)11(18-4)13(20-12)16-6-8(2)9(3)7-16/h8-9H,5-7,15H2,1-4H3. The van der Waals surface area contributed by atoms with Crippen LogP contribution in [0.5, 0.6) is 5.75 Å². The predicted octanol–water partition coefficient (Wildman–Crippen LogP) is 2.61. The molecule has 0 aromatic carbocycles. The summed E-state index contributed by atoms with van der Waals surface area (Å²) in [7, 11) is 1.58. The molecule has 2 heterocycles. The van der Waals surface area contributed by atoms with Gasteiger partial charge in [0, 0.05) is 13.1 Å². The Morgan fingerprint density at radius 2 is 2.00 bits per heavy atom. The van der Waals surface area contributed by atoms with E-state index in [4.69, 9.17) is 15.2 Å². The summed E-state index contributed by atoms with van der Waals surface area (Å²) >= 11 is 1.36. The lowest BCUT2D eigenvalue weighted by atomic mass is 10.0. The fraction of sp³-hybridized carbons (Fsp3) is 0.643. The van der Waals surface area contributed by atoms with Crippen LogP contribution in [0.15, 0.2) is 0 Å². The number of hydrogen-bond donors (Lipinski definition) is 1. The molecule has 1 aromatic heterocycles. The van der Waals surface area contributed by atoms with E-state index < -0.39 is 0 Å². The van der Waals surface area contributed by atoms with E-state index in [2.05, 4.69) is 18.7 Å². The van der Waals surface area contributed by atoms with Gasteiger partial charge in [0.2, 0.25) is 0 Å². The van der Waals surface area contributed by atoms with E-state index in [1.807, 2.05) is 0 Å². The summed E-state index contributed by atoms with van der Waals surface area (Å²) in [5.74, 6) is 1.46. The molecule has 2 N–H and O–H groups in total. The van der Waals surface area contributed by atoms with Gasteiger partial charge in [-0.1, -0.05) is 13.8 Å². The normalized spacial score (nSPS) is 22.1. The van der Waals surface area contributed by atoms with E-state index in [9.17, 15) is 4.79 Å². The molecule has 0 aliphatic carbocycles. The van der Waals surface area contributed by atoms with Gasteiger partial charge in [-0.05, 0) is 18.8 Å². The van der Waals surface area contributed by atoms with Crippen LogP contribution in [-0.2, 0) is 4.74 Å². The Balaban J connectivity index is 2.34. The number of methoxy groups -OCH3 is 1. The van der Waals surface area contributed by atoms with Crippen LogP contribution in [0.25, 0.3) is 0 Å². The van der Waals surface area contributed by atoms with Crippen molar-refractivity contribution in [2.45, 2.75) is 20.8 Å². The minimum atomic E-state index is -0.375. The molecule has 2 atom stereocenters. The summed E-state index contributed by atoms with van der Waals surface area (Å²) in [5.41, 5.74) is 6.43. The average Bonchev–Trinajstić information content (AvgIpc) is 2.90. The average molecular weight is 298 g/mol. The zero-order chi connectivity index (χ0) is 14.9. The molecule has 1 saturated heterocycles. The number of ether oxygens (including phenoxy) is 2. The number of carbonyl (C=O) groups is 1. The quantitative estimate of drug-likeness (QED) is 0.866. The SMILES string of the molecule is CCOC(=O)c1sc(N2CC(C)C(C)C2)c(OC)c1N. The second-order valence-electron chi connectivity index (χ2n) is 5.26. The third-order valence-electron chi connectivity index (χ3n) is 3.82. The molecular weight excluding hydrogens is 276 g/mol. The minimum Gasteiger partial charge on any atom is -0.492 e. The molecule has 0 bridgehead atoms. The van der Waals surface area contributed by atoms with Crippen molar-refractivity contribution in [2.24, 2.45) is 11.8 Å². The first-order valence-corrected chi connectivity index (χ1v) is 7.69. The number of rotatable bonds is 4. The highest BCUT2D eigenvalue weighted by Crippen LogP contribution is 2.46. The van der Waals surface area contributed by atoms with Crippen LogP contribution < -0.4 is 15.4 Å². The Morgan fingerprint density at radius 1 is 1.40 bits per heavy atom. The van der Waals surface area contributed by atoms with Gasteiger partial charge in [0.1, 0.15) is 15.6 Å². The smallest absolute Gasteiger partial charge is 0.350 e. The zero-order valence-electron chi connectivity index (χ0n) is 12.4. The molecule has 0 spiro atoms. The Morgan fingerprint density at radius 3 is 2.50 bits per heavy atom. The topological polar surface area (TPSA) is 64.8 Å². The van der Waals surface area contributed by atoms with Gasteiger partial charge in [-0.15, -0.1) is 11.3 Å². The Bertz CT molecular complexity index is 491. The number of esters is 1. The van der Waals surface area contributed by atoms with Crippen LogP contribution in [0.1, 0.15) is 30.4 Å². The molecule has 0 amide bonds. The van der Waals surface area contributed by atoms with E-state index in [1.54, 1.807) is 14.0 Å². The Hall–Kier alpha value is -1.43. The van der Waals surface area contributed by atoms with Crippen molar-refractivity contribution < 1.29 is 14.3 Å². The van der Waals surface area contributed by atoms with E-state index in [0.29, 0.717) is 34.8 Å². The van der Waals surface area contributed by atoms with Crippen molar-refractivity contribution in [3.8, 4) is 5.75 Å². The highest BCUT2D eigenvalue weighted by atomic mass is 32.1. The van der Waals surface area contributed by atoms with Gasteiger partial charge in [0.15, 0.2) is 5.75 Å². The molecule has 1 fully saturated rings. The van der Waals surface area contributed by atoms with E-state index in [-0.39, 0.29) is 5.97 Å². The van der Waals surface area contributed by atoms with Gasteiger partial charge >= 0.3 is 5.97 Å². The van der Waals surface area contributed by atoms with Crippen molar-refractivity contribution in [2.75, 3.05) is 37.4 Å². The highest BCUT2D eigenvalue weighted by Gasteiger charge is 2.32. The number of nitrogens with zero attached hydrogens (tertiary/aromatic N) is 1. The molecular formula is C14H22N2O3S. The number of carbonyl (C=O) groups excluding carboxylic acids is 1. The summed E-state index contributed by atoms with van der Waals surface area (Å²) in [4.78, 5) is 14.6. The van der Waals surface area contributed by atoms with Crippen LogP contribution in [0.2, 0.25) is 0 Å². The van der Waals surface area contributed by atoms with E-state index in [0.717, 1.165) is 18.1 Å². The largest absolute Gasteiger partial charge is 0.492 e. The minimum absolute atomic E-state index is 0.339. The molecule has 0 radical (unpaired) electrons. The number of anilines is 2. The summed E-state index contributed by atoms with van der Waals surface area (Å²) in [6, 6.07) is 0. The van der Waals surface area contributed by atoms with Gasteiger partial charge in [0.25, 0.3) is 0 Å². The lowest BCUT2D eigenvalue weighted by Crippen LogP contribution is -2.18. The first kappa shape index (κ1) is 15.0. The van der Waals surface area contributed by atoms with Crippen LogP contribution in [0.4, 0.5) is 10.7 Å². The van der Waals surface area contributed by atoms with Gasteiger partial charge in [-0.2, -0.15) is 0 Å². The summed E-state index contributed by atoms with van der Waals surface area (Å²) < 4.78 is 10.4. The lowest BCUT2D eigenvalue weighted by Gasteiger charge is -2.17. The van der Waals surface area contributed by atoms with Crippen LogP contribution in [0.3, 0.4) is 0 Å². The molecule has 1 aliphatic rings. The van der Waals surface area contributed by atoms with Crippen molar-refractivity contribution in [3.05, 3.63) is 4.88 Å². The molecule has 6 heteroatoms. The molecule has 112 valence electrons. The molecule has 2 unspecified atom stereocenters. The number of hydrogen-bond acceptors (Lipinski definition) is 6. The maximum Gasteiger partial charge on any atom is 0.350 e. The summed E-state index contributed by atoms with van der Waals surface area (Å²) in [6.07, 6.45) is 0. The second kappa shape index (κ2) is 5.91. The summed E-state index contributed by atoms with van der Waals surface area (Å²) in [5, 5.41) is 0.934. The Kier molecular flexibility index (Phi) is 4.42. The maximum absolute atomic E-state index is 11.9. The third-order valence-corrected chi connectivity index (χ3v) is 5.05. The highest BCUT2D eigenvalue weighted by molar-refractivity contribution is 7.19. The second-order valence-corrected chi connectivity index (χ2v) is 6.26. The van der Waals surface area contributed by atoms with Gasteiger partial charge in [-0.3, -0.25) is 0 Å². The molecule has 1 aromatic rings. The molecule has 1 aliphatic heterocycles. The van der Waals surface area contributed by atoms with Crippen molar-refractivity contribution >= 4 is 28.0 Å². The lowest BCUT2D eigenvalue weighted by molar-refractivity contribution is 0.0533. The fourth-order valence-electron chi connectivity index (χ4n) is 2.47.